The molecule has 124 valence electrons. The molecule has 0 aliphatic carbocycles. The van der Waals surface area contributed by atoms with Crippen molar-refractivity contribution >= 4 is 21.3 Å². The fourth-order valence-electron chi connectivity index (χ4n) is 3.43. The smallest absolute Gasteiger partial charge is 0.244 e. The Labute approximate surface area is 137 Å². The van der Waals surface area contributed by atoms with Crippen molar-refractivity contribution in [2.75, 3.05) is 19.3 Å². The van der Waals surface area contributed by atoms with Gasteiger partial charge in [-0.3, -0.25) is 4.79 Å². The Morgan fingerprint density at radius 2 is 2.09 bits per heavy atom. The highest BCUT2D eigenvalue weighted by Gasteiger charge is 2.40. The molecule has 1 amide bonds. The molecule has 2 aliphatic rings. The van der Waals surface area contributed by atoms with Gasteiger partial charge in [-0.05, 0) is 48.7 Å². The number of sulfone groups is 1. The van der Waals surface area contributed by atoms with Crippen LogP contribution < -0.4 is 5.32 Å². The van der Waals surface area contributed by atoms with Gasteiger partial charge in [0, 0.05) is 19.2 Å². The van der Waals surface area contributed by atoms with Gasteiger partial charge in [0.25, 0.3) is 0 Å². The summed E-state index contributed by atoms with van der Waals surface area (Å²) >= 11 is 0. The van der Waals surface area contributed by atoms with Gasteiger partial charge in [0.2, 0.25) is 5.91 Å². The Bertz CT molecular complexity index is 783. The summed E-state index contributed by atoms with van der Waals surface area (Å²) in [7, 11) is -1.50. The molecule has 0 spiro atoms. The second-order valence-corrected chi connectivity index (χ2v) is 8.52. The molecule has 0 aromatic heterocycles. The molecule has 0 bridgehead atoms. The Morgan fingerprint density at radius 3 is 2.78 bits per heavy atom. The fraction of sp³-hybridized carbons (Fsp3) is 0.471. The van der Waals surface area contributed by atoms with E-state index in [2.05, 4.69) is 5.32 Å². The van der Waals surface area contributed by atoms with Crippen LogP contribution in [0.1, 0.15) is 24.5 Å². The third-order valence-corrected chi connectivity index (χ3v) is 6.56. The average Bonchev–Trinajstić information content (AvgIpc) is 3.01. The predicted molar refractivity (Wildman–Crippen MR) is 89.6 cm³/mol. The minimum atomic E-state index is -3.25. The lowest BCUT2D eigenvalue weighted by molar-refractivity contribution is -0.130. The van der Waals surface area contributed by atoms with E-state index in [0.717, 1.165) is 29.7 Å². The largest absolute Gasteiger partial charge is 0.320 e. The van der Waals surface area contributed by atoms with Crippen molar-refractivity contribution in [1.29, 1.82) is 0 Å². The number of nitrogens with zero attached hydrogens (tertiary/aromatic N) is 1. The maximum atomic E-state index is 12.3. The van der Waals surface area contributed by atoms with E-state index in [1.807, 2.05) is 19.2 Å². The van der Waals surface area contributed by atoms with Gasteiger partial charge in [0.05, 0.1) is 16.7 Å². The van der Waals surface area contributed by atoms with Crippen LogP contribution in [0.3, 0.4) is 0 Å². The Kier molecular flexibility index (Phi) is 4.06. The van der Waals surface area contributed by atoms with Gasteiger partial charge in [0.1, 0.15) is 0 Å². The third kappa shape index (κ3) is 2.70. The number of likely N-dealkylation sites (N-methyl/N-ethyl adjacent to an activating group) is 1. The summed E-state index contributed by atoms with van der Waals surface area (Å²) in [4.78, 5) is 14.2. The van der Waals surface area contributed by atoms with E-state index in [1.165, 1.54) is 0 Å². The maximum absolute atomic E-state index is 12.3. The molecular weight excluding hydrogens is 312 g/mol. The number of carbonyl (C=O) groups is 1. The summed E-state index contributed by atoms with van der Waals surface area (Å²) in [5, 5.41) is 3.26. The molecule has 23 heavy (non-hydrogen) atoms. The van der Waals surface area contributed by atoms with Gasteiger partial charge in [-0.15, -0.1) is 0 Å². The van der Waals surface area contributed by atoms with Crippen molar-refractivity contribution in [2.24, 2.45) is 5.92 Å². The molecule has 1 N–H and O–H groups in total. The zero-order chi connectivity index (χ0) is 16.8. The van der Waals surface area contributed by atoms with E-state index in [1.54, 1.807) is 31.0 Å². The SMILES string of the molecule is CCS(=O)(=O)c1ccc(C)c(C2=CN(C)C(=O)C3NCCC23)c1. The Hall–Kier alpha value is -1.66. The summed E-state index contributed by atoms with van der Waals surface area (Å²) in [6.07, 6.45) is 2.75. The van der Waals surface area contributed by atoms with E-state index in [4.69, 9.17) is 0 Å². The molecule has 6 heteroatoms. The molecule has 1 aromatic rings. The average molecular weight is 334 g/mol. The van der Waals surface area contributed by atoms with Crippen molar-refractivity contribution in [2.45, 2.75) is 31.2 Å². The minimum absolute atomic E-state index is 0.0752. The van der Waals surface area contributed by atoms with Gasteiger partial charge >= 0.3 is 0 Å². The van der Waals surface area contributed by atoms with Crippen molar-refractivity contribution in [3.63, 3.8) is 0 Å². The van der Waals surface area contributed by atoms with Crippen LogP contribution >= 0.6 is 0 Å². The van der Waals surface area contributed by atoms with Crippen molar-refractivity contribution in [3.05, 3.63) is 35.5 Å². The number of aryl methyl sites for hydroxylation is 1. The van der Waals surface area contributed by atoms with Crippen LogP contribution in [0.15, 0.2) is 29.3 Å². The lowest BCUT2D eigenvalue weighted by atomic mass is 9.83. The second-order valence-electron chi connectivity index (χ2n) is 6.24. The topological polar surface area (TPSA) is 66.5 Å². The molecule has 1 aromatic carbocycles. The van der Waals surface area contributed by atoms with Crippen LogP contribution in [0.4, 0.5) is 0 Å². The zero-order valence-corrected chi connectivity index (χ0v) is 14.5. The van der Waals surface area contributed by atoms with Crippen LogP contribution in [-0.4, -0.2) is 44.6 Å². The number of benzene rings is 1. The zero-order valence-electron chi connectivity index (χ0n) is 13.7. The van der Waals surface area contributed by atoms with Crippen LogP contribution in [0.25, 0.3) is 5.57 Å². The first kappa shape index (κ1) is 16.2. The molecule has 2 unspecified atom stereocenters. The number of fused-ring (bicyclic) bond motifs is 1. The van der Waals surface area contributed by atoms with E-state index in [0.29, 0.717) is 4.90 Å². The van der Waals surface area contributed by atoms with Gasteiger partial charge in [-0.1, -0.05) is 13.0 Å². The Morgan fingerprint density at radius 1 is 1.35 bits per heavy atom. The molecule has 0 radical (unpaired) electrons. The molecule has 1 saturated heterocycles. The number of hydrogen-bond acceptors (Lipinski definition) is 4. The number of carbonyl (C=O) groups excluding carboxylic acids is 1. The predicted octanol–water partition coefficient (Wildman–Crippen LogP) is 1.58. The third-order valence-electron chi connectivity index (χ3n) is 4.83. The van der Waals surface area contributed by atoms with E-state index in [9.17, 15) is 13.2 Å². The number of hydrogen-bond donors (Lipinski definition) is 1. The molecule has 5 nitrogen and oxygen atoms in total. The van der Waals surface area contributed by atoms with E-state index < -0.39 is 9.84 Å². The van der Waals surface area contributed by atoms with Gasteiger partial charge in [0.15, 0.2) is 9.84 Å². The van der Waals surface area contributed by atoms with Crippen LogP contribution in [0.2, 0.25) is 0 Å². The monoisotopic (exact) mass is 334 g/mol. The normalized spacial score (nSPS) is 24.6. The van der Waals surface area contributed by atoms with Crippen molar-refractivity contribution in [3.8, 4) is 0 Å². The van der Waals surface area contributed by atoms with E-state index >= 15 is 0 Å². The summed E-state index contributed by atoms with van der Waals surface area (Å²) in [6.45, 7) is 4.43. The molecule has 2 heterocycles. The lowest BCUT2D eigenvalue weighted by Gasteiger charge is -2.32. The summed E-state index contributed by atoms with van der Waals surface area (Å²) in [5.41, 5.74) is 3.00. The van der Waals surface area contributed by atoms with Gasteiger partial charge < -0.3 is 10.2 Å². The highest BCUT2D eigenvalue weighted by Crippen LogP contribution is 2.38. The van der Waals surface area contributed by atoms with E-state index in [-0.39, 0.29) is 23.6 Å². The summed E-state index contributed by atoms with van der Waals surface area (Å²) < 4.78 is 24.4. The first-order valence-electron chi connectivity index (χ1n) is 7.90. The first-order valence-corrected chi connectivity index (χ1v) is 9.56. The first-order chi connectivity index (χ1) is 10.8. The van der Waals surface area contributed by atoms with Gasteiger partial charge in [-0.2, -0.15) is 0 Å². The Balaban J connectivity index is 2.12. The highest BCUT2D eigenvalue weighted by molar-refractivity contribution is 7.91. The van der Waals surface area contributed by atoms with Crippen LogP contribution in [0.5, 0.6) is 0 Å². The van der Waals surface area contributed by atoms with Crippen molar-refractivity contribution in [1.82, 2.24) is 10.2 Å². The molecule has 2 aliphatic heterocycles. The van der Waals surface area contributed by atoms with Crippen molar-refractivity contribution < 1.29 is 13.2 Å². The standard InChI is InChI=1S/C17H22N2O3S/c1-4-23(21,22)12-6-5-11(2)14(9-12)15-10-19(3)17(20)16-13(15)7-8-18-16/h5-6,9-10,13,16,18H,4,7-8H2,1-3H3. The number of amides is 1. The maximum Gasteiger partial charge on any atom is 0.244 e. The lowest BCUT2D eigenvalue weighted by Crippen LogP contribution is -2.46. The van der Waals surface area contributed by atoms with Crippen LogP contribution in [0, 0.1) is 12.8 Å². The molecular formula is C17H22N2O3S. The highest BCUT2D eigenvalue weighted by atomic mass is 32.2. The second kappa shape index (κ2) is 5.76. The summed E-state index contributed by atoms with van der Waals surface area (Å²) in [5.74, 6) is 0.267. The number of rotatable bonds is 3. The number of nitrogens with one attached hydrogen (secondary N) is 1. The summed E-state index contributed by atoms with van der Waals surface area (Å²) in [6, 6.07) is 5.08. The molecule has 0 saturated carbocycles. The quantitative estimate of drug-likeness (QED) is 0.911. The molecule has 1 fully saturated rings. The minimum Gasteiger partial charge on any atom is -0.320 e. The molecule has 2 atom stereocenters. The van der Waals surface area contributed by atoms with Crippen LogP contribution in [-0.2, 0) is 14.6 Å². The van der Waals surface area contributed by atoms with Gasteiger partial charge in [-0.25, -0.2) is 8.42 Å². The fourth-order valence-corrected chi connectivity index (χ4v) is 4.33. The molecule has 3 rings (SSSR count).